The normalized spacial score (nSPS) is 10.7. The standard InChI is InChI=1S/C18H21BrClNO3/c1-23-17-7-6-16(19)15(11-21-8-3-9-22)18(17)24-12-13-4-2-5-14(20)10-13/h2,4-7,10,21-22H,3,8-9,11-12H2,1H3. The first-order valence-corrected chi connectivity index (χ1v) is 8.87. The number of aliphatic hydroxyl groups is 1. The van der Waals surface area contributed by atoms with E-state index in [9.17, 15) is 0 Å². The fraction of sp³-hybridized carbons (Fsp3) is 0.333. The van der Waals surface area contributed by atoms with Gasteiger partial charge in [-0.3, -0.25) is 0 Å². The van der Waals surface area contributed by atoms with E-state index in [0.29, 0.717) is 36.1 Å². The maximum atomic E-state index is 8.88. The van der Waals surface area contributed by atoms with Crippen LogP contribution in [0.4, 0.5) is 0 Å². The number of aliphatic hydroxyl groups excluding tert-OH is 1. The van der Waals surface area contributed by atoms with Gasteiger partial charge < -0.3 is 19.9 Å². The summed E-state index contributed by atoms with van der Waals surface area (Å²) in [5.74, 6) is 1.38. The quantitative estimate of drug-likeness (QED) is 0.605. The highest BCUT2D eigenvalue weighted by molar-refractivity contribution is 9.10. The molecule has 0 spiro atoms. The molecule has 0 radical (unpaired) electrons. The molecule has 0 saturated heterocycles. The van der Waals surface area contributed by atoms with Crippen LogP contribution in [0.15, 0.2) is 40.9 Å². The molecule has 6 heteroatoms. The lowest BCUT2D eigenvalue weighted by Crippen LogP contribution is -2.17. The number of ether oxygens (including phenoxy) is 2. The van der Waals surface area contributed by atoms with Crippen molar-refractivity contribution in [3.05, 3.63) is 57.0 Å². The third-order valence-corrected chi connectivity index (χ3v) is 4.45. The molecule has 0 atom stereocenters. The first-order valence-electron chi connectivity index (χ1n) is 7.70. The number of benzene rings is 2. The third kappa shape index (κ3) is 5.38. The monoisotopic (exact) mass is 413 g/mol. The Bertz CT molecular complexity index is 667. The fourth-order valence-corrected chi connectivity index (χ4v) is 2.93. The summed E-state index contributed by atoms with van der Waals surface area (Å²) in [7, 11) is 1.62. The molecule has 0 amide bonds. The molecule has 2 aromatic rings. The van der Waals surface area contributed by atoms with Crippen molar-refractivity contribution in [3.63, 3.8) is 0 Å². The van der Waals surface area contributed by atoms with Crippen molar-refractivity contribution in [2.45, 2.75) is 19.6 Å². The van der Waals surface area contributed by atoms with Gasteiger partial charge in [-0.2, -0.15) is 0 Å². The number of hydrogen-bond acceptors (Lipinski definition) is 4. The second-order valence-corrected chi connectivity index (χ2v) is 6.52. The van der Waals surface area contributed by atoms with Crippen LogP contribution in [0, 0.1) is 0 Å². The van der Waals surface area contributed by atoms with Crippen LogP contribution in [-0.2, 0) is 13.2 Å². The van der Waals surface area contributed by atoms with Gasteiger partial charge in [0.1, 0.15) is 6.61 Å². The first-order chi connectivity index (χ1) is 11.7. The predicted octanol–water partition coefficient (Wildman–Crippen LogP) is 4.16. The number of halogens is 2. The van der Waals surface area contributed by atoms with E-state index in [0.717, 1.165) is 22.1 Å². The molecule has 0 bridgehead atoms. The van der Waals surface area contributed by atoms with Crippen LogP contribution in [0.1, 0.15) is 17.5 Å². The molecular weight excluding hydrogens is 394 g/mol. The SMILES string of the molecule is COc1ccc(Br)c(CNCCCO)c1OCc1cccc(Cl)c1. The Balaban J connectivity index is 2.17. The Hall–Kier alpha value is -1.27. The summed E-state index contributed by atoms with van der Waals surface area (Å²) in [4.78, 5) is 0. The molecule has 0 aliphatic rings. The van der Waals surface area contributed by atoms with Gasteiger partial charge >= 0.3 is 0 Å². The molecule has 2 aromatic carbocycles. The molecule has 0 heterocycles. The van der Waals surface area contributed by atoms with Gasteiger partial charge in [0, 0.05) is 28.2 Å². The summed E-state index contributed by atoms with van der Waals surface area (Å²) in [5.41, 5.74) is 1.97. The van der Waals surface area contributed by atoms with Crippen LogP contribution >= 0.6 is 27.5 Å². The molecule has 0 fully saturated rings. The van der Waals surface area contributed by atoms with Crippen LogP contribution in [0.25, 0.3) is 0 Å². The summed E-state index contributed by atoms with van der Waals surface area (Å²) in [6.45, 7) is 1.91. The maximum Gasteiger partial charge on any atom is 0.167 e. The van der Waals surface area contributed by atoms with E-state index < -0.39 is 0 Å². The Morgan fingerprint density at radius 3 is 2.79 bits per heavy atom. The fourth-order valence-electron chi connectivity index (χ4n) is 2.27. The van der Waals surface area contributed by atoms with Crippen molar-refractivity contribution in [1.82, 2.24) is 5.32 Å². The van der Waals surface area contributed by atoms with Gasteiger partial charge in [0.15, 0.2) is 11.5 Å². The topological polar surface area (TPSA) is 50.7 Å². The molecule has 2 N–H and O–H groups in total. The highest BCUT2D eigenvalue weighted by Gasteiger charge is 2.14. The minimum atomic E-state index is 0.171. The molecule has 0 aliphatic heterocycles. The number of hydrogen-bond donors (Lipinski definition) is 2. The lowest BCUT2D eigenvalue weighted by molar-refractivity contribution is 0.278. The van der Waals surface area contributed by atoms with E-state index in [-0.39, 0.29) is 6.61 Å². The van der Waals surface area contributed by atoms with Crippen LogP contribution in [-0.4, -0.2) is 25.4 Å². The summed E-state index contributed by atoms with van der Waals surface area (Å²) >= 11 is 9.59. The zero-order valence-corrected chi connectivity index (χ0v) is 15.9. The van der Waals surface area contributed by atoms with E-state index >= 15 is 0 Å². The first kappa shape index (κ1) is 19.1. The predicted molar refractivity (Wildman–Crippen MR) is 99.9 cm³/mol. The Kier molecular flexibility index (Phi) is 7.85. The largest absolute Gasteiger partial charge is 0.493 e. The average molecular weight is 415 g/mol. The summed E-state index contributed by atoms with van der Waals surface area (Å²) in [6, 6.07) is 11.4. The highest BCUT2D eigenvalue weighted by atomic mass is 79.9. The summed E-state index contributed by atoms with van der Waals surface area (Å²) < 4.78 is 12.4. The number of nitrogens with one attached hydrogen (secondary N) is 1. The highest BCUT2D eigenvalue weighted by Crippen LogP contribution is 2.36. The van der Waals surface area contributed by atoms with Crippen LogP contribution in [0.3, 0.4) is 0 Å². The molecule has 130 valence electrons. The van der Waals surface area contributed by atoms with Crippen molar-refractivity contribution in [3.8, 4) is 11.5 Å². The van der Waals surface area contributed by atoms with E-state index in [2.05, 4.69) is 21.2 Å². The molecular formula is C18H21BrClNO3. The van der Waals surface area contributed by atoms with E-state index in [1.54, 1.807) is 7.11 Å². The van der Waals surface area contributed by atoms with Crippen molar-refractivity contribution in [2.75, 3.05) is 20.3 Å². The lowest BCUT2D eigenvalue weighted by atomic mass is 10.1. The summed E-state index contributed by atoms with van der Waals surface area (Å²) in [6.07, 6.45) is 0.709. The second kappa shape index (κ2) is 9.89. The van der Waals surface area contributed by atoms with Crippen molar-refractivity contribution in [1.29, 1.82) is 0 Å². The minimum absolute atomic E-state index is 0.171. The van der Waals surface area contributed by atoms with Gasteiger partial charge in [-0.1, -0.05) is 39.7 Å². The molecule has 2 rings (SSSR count). The minimum Gasteiger partial charge on any atom is -0.493 e. The Morgan fingerprint density at radius 1 is 1.25 bits per heavy atom. The molecule has 0 unspecified atom stereocenters. The number of rotatable bonds is 9. The Labute approximate surface area is 155 Å². The van der Waals surface area contributed by atoms with Crippen LogP contribution in [0.2, 0.25) is 5.02 Å². The zero-order valence-electron chi connectivity index (χ0n) is 13.5. The van der Waals surface area contributed by atoms with Gasteiger partial charge in [-0.05, 0) is 42.8 Å². The zero-order chi connectivity index (χ0) is 17.4. The smallest absolute Gasteiger partial charge is 0.167 e. The van der Waals surface area contributed by atoms with Crippen molar-refractivity contribution >= 4 is 27.5 Å². The lowest BCUT2D eigenvalue weighted by Gasteiger charge is -2.17. The van der Waals surface area contributed by atoms with E-state index in [1.807, 2.05) is 36.4 Å². The maximum absolute atomic E-state index is 8.88. The molecule has 24 heavy (non-hydrogen) atoms. The van der Waals surface area contributed by atoms with Gasteiger partial charge in [-0.25, -0.2) is 0 Å². The van der Waals surface area contributed by atoms with E-state index in [1.165, 1.54) is 0 Å². The van der Waals surface area contributed by atoms with Gasteiger partial charge in [-0.15, -0.1) is 0 Å². The Morgan fingerprint density at radius 2 is 2.08 bits per heavy atom. The average Bonchev–Trinajstić information content (AvgIpc) is 2.58. The molecule has 4 nitrogen and oxygen atoms in total. The van der Waals surface area contributed by atoms with E-state index in [4.69, 9.17) is 26.2 Å². The number of methoxy groups -OCH3 is 1. The second-order valence-electron chi connectivity index (χ2n) is 5.23. The van der Waals surface area contributed by atoms with Gasteiger partial charge in [0.25, 0.3) is 0 Å². The molecule has 0 aliphatic carbocycles. The summed E-state index contributed by atoms with van der Waals surface area (Å²) in [5, 5.41) is 12.9. The molecule has 0 saturated carbocycles. The van der Waals surface area contributed by atoms with Crippen LogP contribution in [0.5, 0.6) is 11.5 Å². The van der Waals surface area contributed by atoms with Crippen LogP contribution < -0.4 is 14.8 Å². The van der Waals surface area contributed by atoms with Gasteiger partial charge in [0.2, 0.25) is 0 Å². The van der Waals surface area contributed by atoms with Crippen molar-refractivity contribution in [2.24, 2.45) is 0 Å². The third-order valence-electron chi connectivity index (χ3n) is 3.47. The van der Waals surface area contributed by atoms with Crippen molar-refractivity contribution < 1.29 is 14.6 Å². The molecule has 0 aromatic heterocycles. The van der Waals surface area contributed by atoms with Gasteiger partial charge in [0.05, 0.1) is 7.11 Å².